The molecule has 94 valence electrons. The van der Waals surface area contributed by atoms with Gasteiger partial charge in [0.1, 0.15) is 10.7 Å². The molecule has 0 fully saturated rings. The molecule has 0 heterocycles. The van der Waals surface area contributed by atoms with Crippen LogP contribution >= 0.6 is 0 Å². The van der Waals surface area contributed by atoms with Crippen LogP contribution in [0, 0.1) is 5.82 Å². The number of halogens is 1. The summed E-state index contributed by atoms with van der Waals surface area (Å²) in [6.07, 6.45) is 0.577. The Bertz CT molecular complexity index is 527. The molecule has 17 heavy (non-hydrogen) atoms. The van der Waals surface area contributed by atoms with Crippen LogP contribution in [0.3, 0.4) is 0 Å². The van der Waals surface area contributed by atoms with Crippen molar-refractivity contribution in [3.63, 3.8) is 0 Å². The van der Waals surface area contributed by atoms with Gasteiger partial charge in [-0.3, -0.25) is 0 Å². The summed E-state index contributed by atoms with van der Waals surface area (Å²) in [6.45, 7) is 1.97. The lowest BCUT2D eigenvalue weighted by Crippen LogP contribution is -2.25. The van der Waals surface area contributed by atoms with E-state index in [0.29, 0.717) is 12.5 Å². The molecule has 1 aromatic carbocycles. The molecule has 1 aromatic rings. The molecule has 0 saturated heterocycles. The highest BCUT2D eigenvalue weighted by molar-refractivity contribution is 7.89. The number of carboxylic acids is 1. The van der Waals surface area contributed by atoms with Crippen molar-refractivity contribution in [1.82, 2.24) is 4.72 Å². The highest BCUT2D eigenvalue weighted by Gasteiger charge is 2.19. The summed E-state index contributed by atoms with van der Waals surface area (Å²) in [5.74, 6) is -2.39. The van der Waals surface area contributed by atoms with Crippen molar-refractivity contribution < 1.29 is 22.7 Å². The third-order valence-electron chi connectivity index (χ3n) is 2.01. The number of carboxylic acid groups (broad SMARTS) is 1. The standard InChI is InChI=1S/C10H12FNO4S/c1-2-5-12-17(15,16)9-4-3-7(10(13)14)6-8(9)11/h3-4,6,12H,2,5H2,1H3,(H,13,14). The van der Waals surface area contributed by atoms with Crippen LogP contribution < -0.4 is 4.72 Å². The summed E-state index contributed by atoms with van der Waals surface area (Å²) in [5, 5.41) is 8.61. The molecule has 0 aliphatic carbocycles. The average Bonchev–Trinajstić information content (AvgIpc) is 2.25. The topological polar surface area (TPSA) is 83.5 Å². The van der Waals surface area contributed by atoms with Gasteiger partial charge in [-0.25, -0.2) is 22.3 Å². The van der Waals surface area contributed by atoms with Crippen molar-refractivity contribution in [3.05, 3.63) is 29.6 Å². The summed E-state index contributed by atoms with van der Waals surface area (Å²) in [6, 6.07) is 2.67. The maximum Gasteiger partial charge on any atom is 0.335 e. The van der Waals surface area contributed by atoms with Crippen molar-refractivity contribution in [3.8, 4) is 0 Å². The van der Waals surface area contributed by atoms with E-state index < -0.39 is 26.7 Å². The quantitative estimate of drug-likeness (QED) is 0.834. The SMILES string of the molecule is CCCNS(=O)(=O)c1ccc(C(=O)O)cc1F. The average molecular weight is 261 g/mol. The monoisotopic (exact) mass is 261 g/mol. The second kappa shape index (κ2) is 5.24. The van der Waals surface area contributed by atoms with Gasteiger partial charge in [0.25, 0.3) is 0 Å². The predicted molar refractivity (Wildman–Crippen MR) is 58.8 cm³/mol. The van der Waals surface area contributed by atoms with E-state index in [2.05, 4.69) is 4.72 Å². The Morgan fingerprint density at radius 1 is 1.47 bits per heavy atom. The first-order valence-electron chi connectivity index (χ1n) is 4.91. The molecule has 0 radical (unpaired) electrons. The normalized spacial score (nSPS) is 11.4. The fourth-order valence-corrected chi connectivity index (χ4v) is 2.36. The first-order chi connectivity index (χ1) is 7.88. The van der Waals surface area contributed by atoms with Gasteiger partial charge in [0.15, 0.2) is 0 Å². The molecular weight excluding hydrogens is 249 g/mol. The van der Waals surface area contributed by atoms with Crippen LogP contribution in [0.1, 0.15) is 23.7 Å². The molecule has 0 amide bonds. The maximum absolute atomic E-state index is 13.5. The van der Waals surface area contributed by atoms with Crippen molar-refractivity contribution in [2.24, 2.45) is 0 Å². The number of hydrogen-bond donors (Lipinski definition) is 2. The minimum Gasteiger partial charge on any atom is -0.478 e. The van der Waals surface area contributed by atoms with Crippen LogP contribution in [-0.4, -0.2) is 26.0 Å². The minimum absolute atomic E-state index is 0.197. The summed E-state index contributed by atoms with van der Waals surface area (Å²) in [5.41, 5.74) is -0.294. The molecule has 0 bridgehead atoms. The van der Waals surface area contributed by atoms with Crippen LogP contribution in [0.5, 0.6) is 0 Å². The molecule has 0 spiro atoms. The van der Waals surface area contributed by atoms with Crippen LogP contribution in [0.15, 0.2) is 23.1 Å². The van der Waals surface area contributed by atoms with Crippen LogP contribution in [0.2, 0.25) is 0 Å². The van der Waals surface area contributed by atoms with Crippen LogP contribution in [0.25, 0.3) is 0 Å². The Kier molecular flexibility index (Phi) is 4.19. The summed E-state index contributed by atoms with van der Waals surface area (Å²) in [4.78, 5) is 10.0. The fourth-order valence-electron chi connectivity index (χ4n) is 1.17. The van der Waals surface area contributed by atoms with Gasteiger partial charge < -0.3 is 5.11 Å². The number of sulfonamides is 1. The molecule has 5 nitrogen and oxygen atoms in total. The maximum atomic E-state index is 13.5. The second-order valence-electron chi connectivity index (χ2n) is 3.35. The molecule has 7 heteroatoms. The molecule has 0 atom stereocenters. The third-order valence-corrected chi connectivity index (χ3v) is 3.50. The second-order valence-corrected chi connectivity index (χ2v) is 5.08. The zero-order valence-corrected chi connectivity index (χ0v) is 9.92. The van der Waals surface area contributed by atoms with E-state index in [0.717, 1.165) is 12.1 Å². The van der Waals surface area contributed by atoms with E-state index in [1.807, 2.05) is 0 Å². The molecular formula is C10H12FNO4S. The van der Waals surface area contributed by atoms with E-state index in [1.54, 1.807) is 6.92 Å². The lowest BCUT2D eigenvalue weighted by atomic mass is 10.2. The molecule has 0 aliphatic heterocycles. The van der Waals surface area contributed by atoms with Crippen molar-refractivity contribution in [2.45, 2.75) is 18.2 Å². The van der Waals surface area contributed by atoms with E-state index in [1.165, 1.54) is 0 Å². The molecule has 2 N–H and O–H groups in total. The van der Waals surface area contributed by atoms with E-state index >= 15 is 0 Å². The Balaban J connectivity index is 3.12. The largest absolute Gasteiger partial charge is 0.478 e. The summed E-state index contributed by atoms with van der Waals surface area (Å²) < 4.78 is 38.8. The molecule has 0 saturated carbocycles. The minimum atomic E-state index is -3.91. The Morgan fingerprint density at radius 2 is 2.12 bits per heavy atom. The van der Waals surface area contributed by atoms with E-state index in [-0.39, 0.29) is 12.1 Å². The van der Waals surface area contributed by atoms with Gasteiger partial charge in [-0.15, -0.1) is 0 Å². The van der Waals surface area contributed by atoms with Gasteiger partial charge in [-0.1, -0.05) is 6.92 Å². The number of hydrogen-bond acceptors (Lipinski definition) is 3. The van der Waals surface area contributed by atoms with Gasteiger partial charge in [-0.05, 0) is 24.6 Å². The number of rotatable bonds is 5. The third kappa shape index (κ3) is 3.24. The lowest BCUT2D eigenvalue weighted by Gasteiger charge is -2.06. The molecule has 0 aliphatic rings. The van der Waals surface area contributed by atoms with Gasteiger partial charge in [0, 0.05) is 6.54 Å². The highest BCUT2D eigenvalue weighted by atomic mass is 32.2. The van der Waals surface area contributed by atoms with Crippen LogP contribution in [-0.2, 0) is 10.0 Å². The van der Waals surface area contributed by atoms with Gasteiger partial charge in [-0.2, -0.15) is 0 Å². The Hall–Kier alpha value is -1.47. The molecule has 1 rings (SSSR count). The van der Waals surface area contributed by atoms with Crippen molar-refractivity contribution in [1.29, 1.82) is 0 Å². The van der Waals surface area contributed by atoms with Gasteiger partial charge in [0.2, 0.25) is 10.0 Å². The Morgan fingerprint density at radius 3 is 2.59 bits per heavy atom. The number of aromatic carboxylic acids is 1. The molecule has 0 aromatic heterocycles. The fraction of sp³-hybridized carbons (Fsp3) is 0.300. The first kappa shape index (κ1) is 13.6. The van der Waals surface area contributed by atoms with Gasteiger partial charge in [0.05, 0.1) is 5.56 Å². The summed E-state index contributed by atoms with van der Waals surface area (Å²) in [7, 11) is -3.91. The Labute approximate surface area is 98.3 Å². The zero-order valence-electron chi connectivity index (χ0n) is 9.10. The van der Waals surface area contributed by atoms with Crippen molar-refractivity contribution >= 4 is 16.0 Å². The number of nitrogens with one attached hydrogen (secondary N) is 1. The first-order valence-corrected chi connectivity index (χ1v) is 6.39. The highest BCUT2D eigenvalue weighted by Crippen LogP contribution is 2.15. The van der Waals surface area contributed by atoms with Crippen LogP contribution in [0.4, 0.5) is 4.39 Å². The van der Waals surface area contributed by atoms with Gasteiger partial charge >= 0.3 is 5.97 Å². The number of carbonyl (C=O) groups is 1. The molecule has 0 unspecified atom stereocenters. The number of benzene rings is 1. The predicted octanol–water partition coefficient (Wildman–Crippen LogP) is 1.21. The zero-order chi connectivity index (χ0) is 13.1. The smallest absolute Gasteiger partial charge is 0.335 e. The lowest BCUT2D eigenvalue weighted by molar-refractivity contribution is 0.0696. The summed E-state index contributed by atoms with van der Waals surface area (Å²) >= 11 is 0. The van der Waals surface area contributed by atoms with E-state index in [9.17, 15) is 17.6 Å². The van der Waals surface area contributed by atoms with E-state index in [4.69, 9.17) is 5.11 Å². The van der Waals surface area contributed by atoms with Crippen molar-refractivity contribution in [2.75, 3.05) is 6.54 Å².